The molecule has 3 rings (SSSR count). The molecule has 0 aliphatic rings. The van der Waals surface area contributed by atoms with E-state index >= 15 is 0 Å². The van der Waals surface area contributed by atoms with Gasteiger partial charge in [-0.1, -0.05) is 30.7 Å². The molecule has 0 N–H and O–H groups in total. The zero-order chi connectivity index (χ0) is 22.2. The highest BCUT2D eigenvalue weighted by Gasteiger charge is 2.18. The van der Waals surface area contributed by atoms with Crippen molar-refractivity contribution in [3.05, 3.63) is 71.2 Å². The number of aromatic nitrogens is 1. The van der Waals surface area contributed by atoms with Gasteiger partial charge in [0, 0.05) is 24.1 Å². The lowest BCUT2D eigenvalue weighted by molar-refractivity contribution is -0.134. The summed E-state index contributed by atoms with van der Waals surface area (Å²) in [6, 6.07) is 12.8. The van der Waals surface area contributed by atoms with E-state index in [0.29, 0.717) is 29.5 Å². The van der Waals surface area contributed by atoms with Crippen LogP contribution in [0.5, 0.6) is 11.5 Å². The van der Waals surface area contributed by atoms with Crippen molar-refractivity contribution in [2.45, 2.75) is 26.7 Å². The van der Waals surface area contributed by atoms with E-state index in [9.17, 15) is 9.59 Å². The summed E-state index contributed by atoms with van der Waals surface area (Å²) in [4.78, 5) is 30.7. The molecule has 6 nitrogen and oxygen atoms in total. The lowest BCUT2D eigenvalue weighted by atomic mass is 10.1. The second kappa shape index (κ2) is 10.5. The molecule has 0 saturated heterocycles. The molecule has 31 heavy (non-hydrogen) atoms. The van der Waals surface area contributed by atoms with E-state index < -0.39 is 0 Å². The number of methoxy groups -OCH3 is 1. The van der Waals surface area contributed by atoms with Crippen molar-refractivity contribution in [3.63, 3.8) is 0 Å². The maximum Gasteiger partial charge on any atom is 0.311 e. The van der Waals surface area contributed by atoms with Gasteiger partial charge >= 0.3 is 5.97 Å². The van der Waals surface area contributed by atoms with Gasteiger partial charge in [0.15, 0.2) is 16.6 Å². The number of esters is 1. The third-order valence-corrected chi connectivity index (χ3v) is 5.16. The van der Waals surface area contributed by atoms with Crippen molar-refractivity contribution in [1.29, 1.82) is 0 Å². The Morgan fingerprint density at radius 1 is 1.13 bits per heavy atom. The quantitative estimate of drug-likeness (QED) is 0.263. The fourth-order valence-electron chi connectivity index (χ4n) is 2.84. The Kier molecular flexibility index (Phi) is 7.56. The van der Waals surface area contributed by atoms with Gasteiger partial charge in [-0.2, -0.15) is 0 Å². The summed E-state index contributed by atoms with van der Waals surface area (Å²) in [7, 11) is 1.51. The van der Waals surface area contributed by atoms with Crippen LogP contribution in [0.3, 0.4) is 0 Å². The molecule has 160 valence electrons. The zero-order valence-corrected chi connectivity index (χ0v) is 18.5. The minimum absolute atomic E-state index is 0.226. The first-order valence-electron chi connectivity index (χ1n) is 9.89. The Bertz CT molecular complexity index is 1060. The van der Waals surface area contributed by atoms with E-state index in [1.165, 1.54) is 24.5 Å². The average molecular weight is 437 g/mol. The summed E-state index contributed by atoms with van der Waals surface area (Å²) in [6.45, 7) is 3.91. The summed E-state index contributed by atoms with van der Waals surface area (Å²) in [5, 5.41) is 2.42. The maximum atomic E-state index is 13.0. The molecule has 0 aliphatic heterocycles. The molecule has 0 aliphatic carbocycles. The summed E-state index contributed by atoms with van der Waals surface area (Å²) < 4.78 is 10.7. The number of ether oxygens (including phenoxy) is 2. The fraction of sp³-hybridized carbons (Fsp3) is 0.208. The molecule has 1 aromatic heterocycles. The fourth-order valence-corrected chi connectivity index (χ4v) is 3.51. The predicted molar refractivity (Wildman–Crippen MR) is 123 cm³/mol. The SMILES string of the molecule is CCCC(=O)Oc1ccc(C=CC(=O)N(c2ccc(C)cc2)c2nccs2)cc1OC. The molecule has 1 heterocycles. The molecule has 0 saturated carbocycles. The Balaban J connectivity index is 1.82. The summed E-state index contributed by atoms with van der Waals surface area (Å²) in [6.07, 6.45) is 5.89. The lowest BCUT2D eigenvalue weighted by Gasteiger charge is -2.18. The second-order valence-corrected chi connectivity index (χ2v) is 7.66. The van der Waals surface area contributed by atoms with Gasteiger partial charge in [0.1, 0.15) is 0 Å². The maximum absolute atomic E-state index is 13.0. The highest BCUT2D eigenvalue weighted by Crippen LogP contribution is 2.30. The summed E-state index contributed by atoms with van der Waals surface area (Å²) >= 11 is 1.39. The minimum Gasteiger partial charge on any atom is -0.493 e. The molecular weight excluding hydrogens is 412 g/mol. The van der Waals surface area contributed by atoms with E-state index in [1.807, 2.05) is 43.5 Å². The van der Waals surface area contributed by atoms with Crippen molar-refractivity contribution in [2.75, 3.05) is 12.0 Å². The lowest BCUT2D eigenvalue weighted by Crippen LogP contribution is -2.23. The van der Waals surface area contributed by atoms with Gasteiger partial charge in [-0.25, -0.2) is 4.98 Å². The second-order valence-electron chi connectivity index (χ2n) is 6.79. The smallest absolute Gasteiger partial charge is 0.311 e. The van der Waals surface area contributed by atoms with Crippen molar-refractivity contribution < 1.29 is 19.1 Å². The highest BCUT2D eigenvalue weighted by molar-refractivity contribution is 7.13. The number of thiazole rings is 1. The average Bonchev–Trinajstić information content (AvgIpc) is 3.29. The van der Waals surface area contributed by atoms with Crippen LogP contribution in [0.2, 0.25) is 0 Å². The van der Waals surface area contributed by atoms with Crippen LogP contribution in [0.1, 0.15) is 30.9 Å². The molecule has 0 spiro atoms. The number of aryl methyl sites for hydroxylation is 1. The number of nitrogens with zero attached hydrogens (tertiary/aromatic N) is 2. The number of benzene rings is 2. The topological polar surface area (TPSA) is 68.7 Å². The predicted octanol–water partition coefficient (Wildman–Crippen LogP) is 5.54. The number of anilines is 2. The van der Waals surface area contributed by atoms with Crippen LogP contribution >= 0.6 is 11.3 Å². The number of hydrogen-bond donors (Lipinski definition) is 0. The van der Waals surface area contributed by atoms with Crippen molar-refractivity contribution in [3.8, 4) is 11.5 Å². The molecule has 0 atom stereocenters. The van der Waals surface area contributed by atoms with E-state index in [-0.39, 0.29) is 11.9 Å². The molecule has 0 unspecified atom stereocenters. The number of carbonyl (C=O) groups is 2. The van der Waals surface area contributed by atoms with Gasteiger partial charge in [0.25, 0.3) is 5.91 Å². The van der Waals surface area contributed by atoms with E-state index in [0.717, 1.165) is 16.8 Å². The van der Waals surface area contributed by atoms with Crippen LogP contribution in [0.15, 0.2) is 60.1 Å². The van der Waals surface area contributed by atoms with Gasteiger partial charge < -0.3 is 9.47 Å². The van der Waals surface area contributed by atoms with Crippen LogP contribution < -0.4 is 14.4 Å². The van der Waals surface area contributed by atoms with Crippen LogP contribution in [0, 0.1) is 6.92 Å². The van der Waals surface area contributed by atoms with Crippen molar-refractivity contribution >= 4 is 40.1 Å². The van der Waals surface area contributed by atoms with E-state index in [1.54, 1.807) is 35.4 Å². The van der Waals surface area contributed by atoms with Crippen LogP contribution in [-0.4, -0.2) is 24.0 Å². The van der Waals surface area contributed by atoms with Crippen molar-refractivity contribution in [2.24, 2.45) is 0 Å². The minimum atomic E-state index is -0.309. The normalized spacial score (nSPS) is 10.8. The number of hydrogen-bond acceptors (Lipinski definition) is 6. The largest absolute Gasteiger partial charge is 0.493 e. The summed E-state index contributed by atoms with van der Waals surface area (Å²) in [5.41, 5.74) is 2.59. The number of amides is 1. The first kappa shape index (κ1) is 22.2. The Hall–Kier alpha value is -3.45. The third kappa shape index (κ3) is 5.79. The molecule has 0 fully saturated rings. The van der Waals surface area contributed by atoms with Crippen molar-refractivity contribution in [1.82, 2.24) is 4.98 Å². The molecule has 3 aromatic rings. The molecule has 7 heteroatoms. The molecule has 0 bridgehead atoms. The zero-order valence-electron chi connectivity index (χ0n) is 17.7. The van der Waals surface area contributed by atoms with Gasteiger partial charge in [-0.05, 0) is 49.2 Å². The van der Waals surface area contributed by atoms with Gasteiger partial charge in [0.05, 0.1) is 12.8 Å². The number of carbonyl (C=O) groups excluding carboxylic acids is 2. The molecular formula is C24H24N2O4S. The van der Waals surface area contributed by atoms with E-state index in [2.05, 4.69) is 4.98 Å². The monoisotopic (exact) mass is 436 g/mol. The van der Waals surface area contributed by atoms with Crippen LogP contribution in [-0.2, 0) is 9.59 Å². The molecule has 2 aromatic carbocycles. The molecule has 0 radical (unpaired) electrons. The highest BCUT2D eigenvalue weighted by atomic mass is 32.1. The summed E-state index contributed by atoms with van der Waals surface area (Å²) in [5.74, 6) is 0.246. The van der Waals surface area contributed by atoms with E-state index in [4.69, 9.17) is 9.47 Å². The van der Waals surface area contributed by atoms with Gasteiger partial charge in [0.2, 0.25) is 0 Å². The first-order chi connectivity index (χ1) is 15.0. The van der Waals surface area contributed by atoms with Gasteiger partial charge in [-0.3, -0.25) is 14.5 Å². The standard InChI is InChI=1S/C24H24N2O4S/c1-4-5-23(28)30-20-12-8-18(16-21(20)29-3)9-13-22(27)26(24-25-14-15-31-24)19-10-6-17(2)7-11-19/h6-16H,4-5H2,1-3H3. The molecule has 1 amide bonds. The number of rotatable bonds is 8. The van der Waals surface area contributed by atoms with Crippen LogP contribution in [0.4, 0.5) is 10.8 Å². The van der Waals surface area contributed by atoms with Crippen LogP contribution in [0.25, 0.3) is 6.08 Å². The Labute approximate surface area is 185 Å². The first-order valence-corrected chi connectivity index (χ1v) is 10.8. The van der Waals surface area contributed by atoms with Gasteiger partial charge in [-0.15, -0.1) is 11.3 Å². The Morgan fingerprint density at radius 3 is 2.55 bits per heavy atom. The third-order valence-electron chi connectivity index (χ3n) is 4.41. The Morgan fingerprint density at radius 2 is 1.90 bits per heavy atom.